The molecule has 47 valence electrons. The Bertz CT molecular complexity index is 202. The Morgan fingerprint density at radius 1 is 1.56 bits per heavy atom. The number of halogens is 1. The molecule has 0 amide bonds. The Kier molecular flexibility index (Phi) is 2.56. The van der Waals surface area contributed by atoms with Crippen molar-refractivity contribution in [3.05, 3.63) is 23.4 Å². The van der Waals surface area contributed by atoms with E-state index in [2.05, 4.69) is 10.7 Å². The summed E-state index contributed by atoms with van der Waals surface area (Å²) in [5.41, 5.74) is 2.15. The van der Waals surface area contributed by atoms with Crippen LogP contribution in [-0.4, -0.2) is 20.7 Å². The molecule has 1 rings (SSSR count). The van der Waals surface area contributed by atoms with Gasteiger partial charge in [-0.3, -0.25) is 0 Å². The van der Waals surface area contributed by atoms with Gasteiger partial charge in [-0.15, -0.1) is 0 Å². The van der Waals surface area contributed by atoms with E-state index in [9.17, 15) is 0 Å². The Morgan fingerprint density at radius 2 is 2.33 bits per heavy atom. The van der Waals surface area contributed by atoms with Crippen LogP contribution >= 0.6 is 11.6 Å². The zero-order valence-electron chi connectivity index (χ0n) is 5.00. The third-order valence-corrected chi connectivity index (χ3v) is 2.62. The number of hydrogen-bond donors (Lipinski definition) is 0. The van der Waals surface area contributed by atoms with Gasteiger partial charge in [-0.2, -0.15) is 0 Å². The van der Waals surface area contributed by atoms with Crippen LogP contribution in [0.2, 0.25) is 10.9 Å². The number of pyridine rings is 1. The van der Waals surface area contributed by atoms with Crippen molar-refractivity contribution in [2.45, 2.75) is 5.71 Å². The van der Waals surface area contributed by atoms with Crippen LogP contribution < -0.4 is 4.48 Å². The van der Waals surface area contributed by atoms with Gasteiger partial charge in [-0.25, -0.2) is 0 Å². The monoisotopic (exact) mass is 202 g/mol. The fourth-order valence-electron chi connectivity index (χ4n) is 0.522. The average molecular weight is 202 g/mol. The normalized spacial score (nSPS) is 10.9. The molecule has 0 aromatic carbocycles. The quantitative estimate of drug-likeness (QED) is 0.491. The molecular formula is C6H6AsClN. The van der Waals surface area contributed by atoms with Gasteiger partial charge in [0.15, 0.2) is 0 Å². The molecule has 0 fully saturated rings. The minimum atomic E-state index is 0.222. The van der Waals surface area contributed by atoms with E-state index in [-0.39, 0.29) is 15.8 Å². The van der Waals surface area contributed by atoms with Gasteiger partial charge >= 0.3 is 65.9 Å². The van der Waals surface area contributed by atoms with Crippen molar-refractivity contribution >= 4 is 31.8 Å². The molecule has 1 aromatic heterocycles. The summed E-state index contributed by atoms with van der Waals surface area (Å²) in [7, 11) is 0. The summed E-state index contributed by atoms with van der Waals surface area (Å²) in [5.74, 6) is 0. The van der Waals surface area contributed by atoms with Gasteiger partial charge in [0.25, 0.3) is 0 Å². The Hall–Kier alpha value is -0.00156. The SMILES string of the molecule is C[As]c1cccc(Cl)n1. The van der Waals surface area contributed by atoms with E-state index in [0.29, 0.717) is 5.15 Å². The van der Waals surface area contributed by atoms with Crippen LogP contribution in [0.4, 0.5) is 0 Å². The molecule has 1 aromatic rings. The van der Waals surface area contributed by atoms with Crippen molar-refractivity contribution in [2.24, 2.45) is 0 Å². The number of aromatic nitrogens is 1. The molecule has 0 aliphatic rings. The number of nitrogens with zero attached hydrogens (tertiary/aromatic N) is 1. The zero-order chi connectivity index (χ0) is 6.69. The van der Waals surface area contributed by atoms with E-state index in [1.807, 2.05) is 12.1 Å². The predicted molar refractivity (Wildman–Crippen MR) is 40.5 cm³/mol. The summed E-state index contributed by atoms with van der Waals surface area (Å²) in [5, 5.41) is 0.602. The van der Waals surface area contributed by atoms with E-state index >= 15 is 0 Å². The molecule has 3 heteroatoms. The maximum absolute atomic E-state index is 5.63. The van der Waals surface area contributed by atoms with Crippen molar-refractivity contribution in [3.8, 4) is 0 Å². The van der Waals surface area contributed by atoms with E-state index in [1.165, 1.54) is 0 Å². The topological polar surface area (TPSA) is 12.9 Å². The molecule has 1 heterocycles. The van der Waals surface area contributed by atoms with Crippen molar-refractivity contribution in [1.29, 1.82) is 0 Å². The first-order valence-corrected chi connectivity index (χ1v) is 5.74. The second-order valence-corrected chi connectivity index (χ2v) is 3.83. The van der Waals surface area contributed by atoms with Crippen molar-refractivity contribution in [1.82, 2.24) is 4.98 Å². The molecule has 0 spiro atoms. The summed E-state index contributed by atoms with van der Waals surface area (Å²) in [6.07, 6.45) is 0. The van der Waals surface area contributed by atoms with E-state index in [0.717, 1.165) is 4.48 Å². The van der Waals surface area contributed by atoms with Crippen LogP contribution in [0.3, 0.4) is 0 Å². The first kappa shape index (κ1) is 7.11. The summed E-state index contributed by atoms with van der Waals surface area (Å²) in [4.78, 5) is 4.10. The van der Waals surface area contributed by atoms with Crippen LogP contribution in [0.15, 0.2) is 18.2 Å². The Labute approximate surface area is 66.1 Å². The number of rotatable bonds is 1. The molecule has 1 nitrogen and oxygen atoms in total. The molecule has 0 aliphatic carbocycles. The summed E-state index contributed by atoms with van der Waals surface area (Å²) < 4.78 is 1.14. The fourth-order valence-corrected chi connectivity index (χ4v) is 1.74. The van der Waals surface area contributed by atoms with Crippen LogP contribution in [-0.2, 0) is 0 Å². The molecule has 9 heavy (non-hydrogen) atoms. The first-order chi connectivity index (χ1) is 4.33. The van der Waals surface area contributed by atoms with Gasteiger partial charge in [-0.1, -0.05) is 0 Å². The van der Waals surface area contributed by atoms with Gasteiger partial charge < -0.3 is 0 Å². The molecule has 0 saturated heterocycles. The van der Waals surface area contributed by atoms with Crippen LogP contribution in [0.25, 0.3) is 0 Å². The summed E-state index contributed by atoms with van der Waals surface area (Å²) in [6.45, 7) is 0. The molecule has 0 saturated carbocycles. The van der Waals surface area contributed by atoms with E-state index < -0.39 is 0 Å². The Morgan fingerprint density at radius 3 is 2.78 bits per heavy atom. The second-order valence-electron chi connectivity index (χ2n) is 1.54. The molecular weight excluding hydrogens is 196 g/mol. The van der Waals surface area contributed by atoms with Crippen molar-refractivity contribution in [3.63, 3.8) is 0 Å². The average Bonchev–Trinajstić information content (AvgIpc) is 1.88. The summed E-state index contributed by atoms with van der Waals surface area (Å²) in [6, 6.07) is 5.73. The Balaban J connectivity index is 2.94. The van der Waals surface area contributed by atoms with Gasteiger partial charge in [0.1, 0.15) is 0 Å². The predicted octanol–water partition coefficient (Wildman–Crippen LogP) is 1.11. The third-order valence-electron chi connectivity index (χ3n) is 0.930. The van der Waals surface area contributed by atoms with Crippen molar-refractivity contribution < 1.29 is 0 Å². The molecule has 0 bridgehead atoms. The fraction of sp³-hybridized carbons (Fsp3) is 0.167. The van der Waals surface area contributed by atoms with Crippen molar-refractivity contribution in [2.75, 3.05) is 0 Å². The van der Waals surface area contributed by atoms with Crippen LogP contribution in [0, 0.1) is 0 Å². The first-order valence-electron chi connectivity index (χ1n) is 2.55. The van der Waals surface area contributed by atoms with Crippen LogP contribution in [0.5, 0.6) is 0 Å². The molecule has 0 N–H and O–H groups in total. The molecule has 0 unspecified atom stereocenters. The molecule has 1 radical (unpaired) electrons. The van der Waals surface area contributed by atoms with Gasteiger partial charge in [0.05, 0.1) is 0 Å². The van der Waals surface area contributed by atoms with E-state index in [1.54, 1.807) is 6.07 Å². The maximum atomic E-state index is 5.63. The molecule has 0 atom stereocenters. The zero-order valence-corrected chi connectivity index (χ0v) is 7.64. The standard InChI is InChI=1S/C6H6AsClN/c1-7-5-3-2-4-6(8)9-5/h2-4H,1H3. The molecule has 0 aliphatic heterocycles. The summed E-state index contributed by atoms with van der Waals surface area (Å²) >= 11 is 5.85. The minimum absolute atomic E-state index is 0.222. The van der Waals surface area contributed by atoms with Gasteiger partial charge in [0.2, 0.25) is 0 Å². The van der Waals surface area contributed by atoms with Gasteiger partial charge in [0, 0.05) is 0 Å². The van der Waals surface area contributed by atoms with Gasteiger partial charge in [-0.05, 0) is 0 Å². The number of hydrogen-bond acceptors (Lipinski definition) is 1. The van der Waals surface area contributed by atoms with Crippen LogP contribution in [0.1, 0.15) is 0 Å². The second kappa shape index (κ2) is 3.24. The van der Waals surface area contributed by atoms with E-state index in [4.69, 9.17) is 11.6 Å². The third kappa shape index (κ3) is 2.00.